The van der Waals surface area contributed by atoms with Crippen LogP contribution in [0.1, 0.15) is 36.9 Å². The predicted octanol–water partition coefficient (Wildman–Crippen LogP) is 5.26. The summed E-state index contributed by atoms with van der Waals surface area (Å²) in [4.78, 5) is 13.1. The lowest BCUT2D eigenvalue weighted by molar-refractivity contribution is -0.126. The minimum Gasteiger partial charge on any atom is -0.356 e. The van der Waals surface area contributed by atoms with Gasteiger partial charge < -0.3 is 9.84 Å². The van der Waals surface area contributed by atoms with Gasteiger partial charge in [0.25, 0.3) is 0 Å². The van der Waals surface area contributed by atoms with E-state index in [0.29, 0.717) is 16.5 Å². The van der Waals surface area contributed by atoms with E-state index in [-0.39, 0.29) is 18.3 Å². The molecule has 1 amide bonds. The molecule has 1 fully saturated rings. The van der Waals surface area contributed by atoms with Crippen LogP contribution >= 0.6 is 11.6 Å². The fraction of sp³-hybridized carbons (Fsp3) is 0.273. The monoisotopic (exact) mass is 398 g/mol. The van der Waals surface area contributed by atoms with Gasteiger partial charge >= 0.3 is 0 Å². The first-order valence-corrected chi connectivity index (χ1v) is 9.70. The maximum absolute atomic E-state index is 13.1. The van der Waals surface area contributed by atoms with E-state index in [2.05, 4.69) is 10.5 Å². The summed E-state index contributed by atoms with van der Waals surface area (Å²) in [6.07, 6.45) is 3.68. The summed E-state index contributed by atoms with van der Waals surface area (Å²) in [5.74, 6) is 0.232. The zero-order valence-electron chi connectivity index (χ0n) is 15.3. The highest BCUT2D eigenvalue weighted by atomic mass is 35.5. The largest absolute Gasteiger partial charge is 0.356 e. The van der Waals surface area contributed by atoms with E-state index in [1.54, 1.807) is 18.2 Å². The molecule has 1 saturated carbocycles. The van der Waals surface area contributed by atoms with Crippen LogP contribution in [-0.4, -0.2) is 11.1 Å². The highest BCUT2D eigenvalue weighted by Gasteiger charge is 2.42. The molecule has 0 spiro atoms. The molecule has 2 aromatic carbocycles. The normalized spacial score (nSPS) is 15.5. The molecule has 0 radical (unpaired) electrons. The Kier molecular flexibility index (Phi) is 5.18. The van der Waals surface area contributed by atoms with Crippen LogP contribution in [0, 0.1) is 5.82 Å². The third-order valence-electron chi connectivity index (χ3n) is 5.41. The maximum atomic E-state index is 13.1. The third kappa shape index (κ3) is 3.67. The smallest absolute Gasteiger partial charge is 0.230 e. The molecule has 4 nitrogen and oxygen atoms in total. The van der Waals surface area contributed by atoms with Crippen LogP contribution < -0.4 is 5.32 Å². The van der Waals surface area contributed by atoms with E-state index in [1.807, 2.05) is 24.3 Å². The van der Waals surface area contributed by atoms with E-state index < -0.39 is 5.41 Å². The van der Waals surface area contributed by atoms with Gasteiger partial charge in [0.1, 0.15) is 11.5 Å². The zero-order valence-corrected chi connectivity index (χ0v) is 16.0. The van der Waals surface area contributed by atoms with Crippen molar-refractivity contribution < 1.29 is 13.7 Å². The van der Waals surface area contributed by atoms with Crippen molar-refractivity contribution in [2.45, 2.75) is 37.6 Å². The van der Waals surface area contributed by atoms with Crippen LogP contribution in [0.3, 0.4) is 0 Å². The van der Waals surface area contributed by atoms with E-state index in [9.17, 15) is 9.18 Å². The predicted molar refractivity (Wildman–Crippen MR) is 105 cm³/mol. The minimum atomic E-state index is -0.520. The summed E-state index contributed by atoms with van der Waals surface area (Å²) in [5.41, 5.74) is 1.84. The molecule has 0 unspecified atom stereocenters. The number of aromatic nitrogens is 1. The minimum absolute atomic E-state index is 0.00125. The third-order valence-corrected chi connectivity index (χ3v) is 5.66. The number of halogens is 2. The summed E-state index contributed by atoms with van der Waals surface area (Å²) in [5, 5.41) is 7.69. The van der Waals surface area contributed by atoms with Crippen molar-refractivity contribution in [3.63, 3.8) is 0 Å². The lowest BCUT2D eigenvalue weighted by Crippen LogP contribution is -2.42. The highest BCUT2D eigenvalue weighted by Crippen LogP contribution is 2.41. The molecule has 1 aliphatic carbocycles. The van der Waals surface area contributed by atoms with Crippen LogP contribution in [-0.2, 0) is 16.8 Å². The van der Waals surface area contributed by atoms with Gasteiger partial charge in [-0.25, -0.2) is 4.39 Å². The first-order chi connectivity index (χ1) is 13.6. The van der Waals surface area contributed by atoms with Crippen molar-refractivity contribution in [2.75, 3.05) is 0 Å². The second kappa shape index (κ2) is 7.76. The Labute approximate surface area is 167 Å². The van der Waals surface area contributed by atoms with Gasteiger partial charge in [0.05, 0.1) is 12.0 Å². The van der Waals surface area contributed by atoms with E-state index in [0.717, 1.165) is 36.8 Å². The average molecular weight is 399 g/mol. The SMILES string of the molecule is O=C(NCc1cc(-c2ccc(F)cc2)on1)C1(c2ccc(Cl)cc2)CCCC1. The fourth-order valence-electron chi connectivity index (χ4n) is 3.88. The molecule has 1 aromatic heterocycles. The molecule has 0 atom stereocenters. The highest BCUT2D eigenvalue weighted by molar-refractivity contribution is 6.30. The Hall–Kier alpha value is -2.66. The number of carbonyl (C=O) groups is 1. The van der Waals surface area contributed by atoms with Gasteiger partial charge in [-0.15, -0.1) is 0 Å². The molecule has 28 heavy (non-hydrogen) atoms. The van der Waals surface area contributed by atoms with Crippen LogP contribution in [0.5, 0.6) is 0 Å². The average Bonchev–Trinajstić information content (AvgIpc) is 3.38. The van der Waals surface area contributed by atoms with Gasteiger partial charge in [0.2, 0.25) is 5.91 Å². The lowest BCUT2D eigenvalue weighted by Gasteiger charge is -2.28. The molecule has 0 bridgehead atoms. The van der Waals surface area contributed by atoms with Gasteiger partial charge in [0.15, 0.2) is 5.76 Å². The van der Waals surface area contributed by atoms with Gasteiger partial charge in [-0.2, -0.15) is 0 Å². The van der Waals surface area contributed by atoms with Crippen molar-refractivity contribution in [1.82, 2.24) is 10.5 Å². The summed E-state index contributed by atoms with van der Waals surface area (Å²) in [6, 6.07) is 15.3. The van der Waals surface area contributed by atoms with Crippen molar-refractivity contribution in [1.29, 1.82) is 0 Å². The van der Waals surface area contributed by atoms with Gasteiger partial charge in [0, 0.05) is 16.7 Å². The molecular formula is C22H20ClFN2O2. The van der Waals surface area contributed by atoms with Gasteiger partial charge in [-0.1, -0.05) is 41.7 Å². The van der Waals surface area contributed by atoms with Crippen molar-refractivity contribution >= 4 is 17.5 Å². The second-order valence-electron chi connectivity index (χ2n) is 7.17. The molecule has 0 saturated heterocycles. The van der Waals surface area contributed by atoms with E-state index in [4.69, 9.17) is 16.1 Å². The Balaban J connectivity index is 1.47. The summed E-state index contributed by atoms with van der Waals surface area (Å²) < 4.78 is 18.4. The fourth-order valence-corrected chi connectivity index (χ4v) is 4.01. The topological polar surface area (TPSA) is 55.1 Å². The number of nitrogens with zero attached hydrogens (tertiary/aromatic N) is 1. The van der Waals surface area contributed by atoms with Crippen molar-refractivity contribution in [2.24, 2.45) is 0 Å². The van der Waals surface area contributed by atoms with Crippen molar-refractivity contribution in [3.05, 3.63) is 76.7 Å². The van der Waals surface area contributed by atoms with Crippen LogP contribution in [0.2, 0.25) is 5.02 Å². The van der Waals surface area contributed by atoms with Crippen molar-refractivity contribution in [3.8, 4) is 11.3 Å². The molecule has 3 aromatic rings. The van der Waals surface area contributed by atoms with Crippen LogP contribution in [0.4, 0.5) is 4.39 Å². The molecule has 144 valence electrons. The Morgan fingerprint density at radius 3 is 2.46 bits per heavy atom. The maximum Gasteiger partial charge on any atom is 0.230 e. The van der Waals surface area contributed by atoms with Crippen LogP contribution in [0.15, 0.2) is 59.1 Å². The number of nitrogens with one attached hydrogen (secondary N) is 1. The van der Waals surface area contributed by atoms with Crippen LogP contribution in [0.25, 0.3) is 11.3 Å². The number of hydrogen-bond acceptors (Lipinski definition) is 3. The van der Waals surface area contributed by atoms with E-state index >= 15 is 0 Å². The second-order valence-corrected chi connectivity index (χ2v) is 7.60. The van der Waals surface area contributed by atoms with Gasteiger partial charge in [-0.3, -0.25) is 4.79 Å². The number of rotatable bonds is 5. The zero-order chi connectivity index (χ0) is 19.6. The Morgan fingerprint density at radius 2 is 1.79 bits per heavy atom. The Bertz CT molecular complexity index is 961. The molecule has 0 aliphatic heterocycles. The number of amides is 1. The first kappa shape index (κ1) is 18.7. The van der Waals surface area contributed by atoms with Gasteiger partial charge in [-0.05, 0) is 54.8 Å². The molecule has 4 rings (SSSR count). The number of benzene rings is 2. The molecule has 1 N–H and O–H groups in total. The summed E-state index contributed by atoms with van der Waals surface area (Å²) >= 11 is 6.01. The van der Waals surface area contributed by atoms with E-state index in [1.165, 1.54) is 12.1 Å². The Morgan fingerprint density at radius 1 is 1.11 bits per heavy atom. The number of hydrogen-bond donors (Lipinski definition) is 1. The first-order valence-electron chi connectivity index (χ1n) is 9.33. The number of carbonyl (C=O) groups excluding carboxylic acids is 1. The quantitative estimate of drug-likeness (QED) is 0.637. The summed E-state index contributed by atoms with van der Waals surface area (Å²) in [6.45, 7) is 0.277. The summed E-state index contributed by atoms with van der Waals surface area (Å²) in [7, 11) is 0. The molecular weight excluding hydrogens is 379 g/mol. The molecule has 6 heteroatoms. The molecule has 1 aliphatic rings. The standard InChI is InChI=1S/C22H20ClFN2O2/c23-17-7-5-16(6-8-17)22(11-1-2-12-22)21(27)25-14-19-13-20(28-26-19)15-3-9-18(24)10-4-15/h3-10,13H,1-2,11-12,14H2,(H,25,27). The molecule has 1 heterocycles. The lowest BCUT2D eigenvalue weighted by atomic mass is 9.78.